The molecule has 0 aliphatic rings. The highest BCUT2D eigenvalue weighted by molar-refractivity contribution is 9.11. The minimum Gasteiger partial charge on any atom is -0.507 e. The SMILES string of the molecule is CC(=O)c1cc(O)c(Br)cc1Br. The second-order valence-corrected chi connectivity index (χ2v) is 4.05. The molecule has 0 unspecified atom stereocenters. The Morgan fingerprint density at radius 1 is 1.33 bits per heavy atom. The molecule has 4 heteroatoms. The van der Waals surface area contributed by atoms with Crippen molar-refractivity contribution in [3.05, 3.63) is 26.6 Å². The number of rotatable bonds is 1. The van der Waals surface area contributed by atoms with Gasteiger partial charge in [-0.2, -0.15) is 0 Å². The first-order valence-electron chi connectivity index (χ1n) is 3.21. The molecule has 12 heavy (non-hydrogen) atoms. The van der Waals surface area contributed by atoms with Crippen LogP contribution in [0.25, 0.3) is 0 Å². The first-order chi connectivity index (χ1) is 5.52. The average molecular weight is 294 g/mol. The minimum atomic E-state index is -0.0790. The average Bonchev–Trinajstić information content (AvgIpc) is 1.96. The molecule has 0 aromatic heterocycles. The summed E-state index contributed by atoms with van der Waals surface area (Å²) in [6.45, 7) is 1.45. The quantitative estimate of drug-likeness (QED) is 0.808. The van der Waals surface area contributed by atoms with Crippen molar-refractivity contribution in [2.45, 2.75) is 6.92 Å². The molecule has 1 rings (SSSR count). The summed E-state index contributed by atoms with van der Waals surface area (Å²) >= 11 is 6.36. The Kier molecular flexibility index (Phi) is 2.90. The molecular weight excluding hydrogens is 288 g/mol. The van der Waals surface area contributed by atoms with Gasteiger partial charge in [0.25, 0.3) is 0 Å². The van der Waals surface area contributed by atoms with Crippen molar-refractivity contribution in [2.75, 3.05) is 0 Å². The van der Waals surface area contributed by atoms with Crippen LogP contribution in [0.15, 0.2) is 21.1 Å². The summed E-state index contributed by atoms with van der Waals surface area (Å²) in [6.07, 6.45) is 0. The van der Waals surface area contributed by atoms with Crippen LogP contribution in [0.4, 0.5) is 0 Å². The van der Waals surface area contributed by atoms with Crippen LogP contribution >= 0.6 is 31.9 Å². The van der Waals surface area contributed by atoms with Gasteiger partial charge >= 0.3 is 0 Å². The highest BCUT2D eigenvalue weighted by Crippen LogP contribution is 2.30. The number of halogens is 2. The maximum absolute atomic E-state index is 11.0. The van der Waals surface area contributed by atoms with Gasteiger partial charge in [0.15, 0.2) is 5.78 Å². The second-order valence-electron chi connectivity index (χ2n) is 2.34. The number of hydrogen-bond acceptors (Lipinski definition) is 2. The third-order valence-corrected chi connectivity index (χ3v) is 2.71. The summed E-state index contributed by atoms with van der Waals surface area (Å²) in [7, 11) is 0. The molecule has 0 atom stereocenters. The number of carbonyl (C=O) groups is 1. The van der Waals surface area contributed by atoms with Crippen LogP contribution in [-0.2, 0) is 0 Å². The predicted octanol–water partition coefficient (Wildman–Crippen LogP) is 3.12. The van der Waals surface area contributed by atoms with Gasteiger partial charge in [0.2, 0.25) is 0 Å². The molecular formula is C8H6Br2O2. The fourth-order valence-electron chi connectivity index (χ4n) is 0.807. The summed E-state index contributed by atoms with van der Waals surface area (Å²) in [5, 5.41) is 9.25. The number of phenolic OH excluding ortho intramolecular Hbond substituents is 1. The predicted molar refractivity (Wildman–Crippen MR) is 53.5 cm³/mol. The van der Waals surface area contributed by atoms with Gasteiger partial charge in [0, 0.05) is 10.0 Å². The number of ketones is 1. The van der Waals surface area contributed by atoms with E-state index in [2.05, 4.69) is 31.9 Å². The van der Waals surface area contributed by atoms with Crippen molar-refractivity contribution in [1.82, 2.24) is 0 Å². The molecule has 0 amide bonds. The van der Waals surface area contributed by atoms with Gasteiger partial charge in [-0.3, -0.25) is 4.79 Å². The van der Waals surface area contributed by atoms with Gasteiger partial charge in [-0.05, 0) is 35.0 Å². The number of carbonyl (C=O) groups excluding carboxylic acids is 1. The molecule has 0 spiro atoms. The van der Waals surface area contributed by atoms with Crippen LogP contribution in [0.3, 0.4) is 0 Å². The van der Waals surface area contributed by atoms with E-state index in [1.54, 1.807) is 6.07 Å². The van der Waals surface area contributed by atoms with Gasteiger partial charge in [0.1, 0.15) is 5.75 Å². The third kappa shape index (κ3) is 1.87. The molecule has 1 aromatic rings. The maximum atomic E-state index is 11.0. The summed E-state index contributed by atoms with van der Waals surface area (Å²) in [6, 6.07) is 3.07. The molecule has 0 radical (unpaired) electrons. The van der Waals surface area contributed by atoms with E-state index in [1.165, 1.54) is 13.0 Å². The topological polar surface area (TPSA) is 37.3 Å². The smallest absolute Gasteiger partial charge is 0.161 e. The second kappa shape index (κ2) is 3.58. The number of phenols is 1. The van der Waals surface area contributed by atoms with Crippen LogP contribution in [0.1, 0.15) is 17.3 Å². The molecule has 1 aromatic carbocycles. The Morgan fingerprint density at radius 3 is 2.42 bits per heavy atom. The monoisotopic (exact) mass is 292 g/mol. The zero-order chi connectivity index (χ0) is 9.30. The van der Waals surface area contributed by atoms with Gasteiger partial charge in [0.05, 0.1) is 4.47 Å². The van der Waals surface area contributed by atoms with Crippen molar-refractivity contribution in [3.8, 4) is 5.75 Å². The molecule has 0 heterocycles. The van der Waals surface area contributed by atoms with Crippen LogP contribution in [0.2, 0.25) is 0 Å². The molecule has 0 aliphatic heterocycles. The van der Waals surface area contributed by atoms with Crippen molar-refractivity contribution in [3.63, 3.8) is 0 Å². The molecule has 64 valence electrons. The Balaban J connectivity index is 3.33. The number of Topliss-reactive ketones (excluding diaryl/α,β-unsaturated/α-hetero) is 1. The zero-order valence-electron chi connectivity index (χ0n) is 6.27. The van der Waals surface area contributed by atoms with Gasteiger partial charge in [-0.1, -0.05) is 15.9 Å². The highest BCUT2D eigenvalue weighted by Gasteiger charge is 2.08. The van der Waals surface area contributed by atoms with E-state index in [-0.39, 0.29) is 11.5 Å². The van der Waals surface area contributed by atoms with E-state index >= 15 is 0 Å². The fourth-order valence-corrected chi connectivity index (χ4v) is 2.08. The molecule has 1 N–H and O–H groups in total. The Morgan fingerprint density at radius 2 is 1.92 bits per heavy atom. The molecule has 0 fully saturated rings. The van der Waals surface area contributed by atoms with E-state index in [0.29, 0.717) is 14.5 Å². The number of hydrogen-bond donors (Lipinski definition) is 1. The summed E-state index contributed by atoms with van der Waals surface area (Å²) in [5.74, 6) is -0.00641. The lowest BCUT2D eigenvalue weighted by atomic mass is 10.1. The lowest BCUT2D eigenvalue weighted by Gasteiger charge is -2.02. The molecule has 2 nitrogen and oxygen atoms in total. The number of benzene rings is 1. The Labute approximate surface area is 86.9 Å². The van der Waals surface area contributed by atoms with E-state index < -0.39 is 0 Å². The van der Waals surface area contributed by atoms with Crippen molar-refractivity contribution in [2.24, 2.45) is 0 Å². The lowest BCUT2D eigenvalue weighted by Crippen LogP contribution is -1.93. The van der Waals surface area contributed by atoms with E-state index in [0.717, 1.165) is 0 Å². The van der Waals surface area contributed by atoms with E-state index in [9.17, 15) is 9.90 Å². The maximum Gasteiger partial charge on any atom is 0.161 e. The Hall–Kier alpha value is -0.350. The molecule has 0 aliphatic carbocycles. The number of aromatic hydroxyl groups is 1. The minimum absolute atomic E-state index is 0.0726. The third-order valence-electron chi connectivity index (χ3n) is 1.42. The first-order valence-corrected chi connectivity index (χ1v) is 4.80. The van der Waals surface area contributed by atoms with Crippen molar-refractivity contribution in [1.29, 1.82) is 0 Å². The van der Waals surface area contributed by atoms with Crippen LogP contribution in [0.5, 0.6) is 5.75 Å². The summed E-state index contributed by atoms with van der Waals surface area (Å²) < 4.78 is 1.25. The molecule has 0 saturated heterocycles. The molecule has 0 saturated carbocycles. The first kappa shape index (κ1) is 9.74. The summed E-state index contributed by atoms with van der Waals surface area (Å²) in [5.41, 5.74) is 0.482. The van der Waals surface area contributed by atoms with Gasteiger partial charge in [-0.15, -0.1) is 0 Å². The van der Waals surface area contributed by atoms with E-state index in [4.69, 9.17) is 0 Å². The highest BCUT2D eigenvalue weighted by atomic mass is 79.9. The Bertz CT molecular complexity index is 334. The molecule has 0 bridgehead atoms. The normalized spacial score (nSPS) is 9.92. The van der Waals surface area contributed by atoms with Crippen molar-refractivity contribution < 1.29 is 9.90 Å². The zero-order valence-corrected chi connectivity index (χ0v) is 9.44. The largest absolute Gasteiger partial charge is 0.507 e. The van der Waals surface area contributed by atoms with E-state index in [1.807, 2.05) is 0 Å². The van der Waals surface area contributed by atoms with Crippen LogP contribution in [-0.4, -0.2) is 10.9 Å². The van der Waals surface area contributed by atoms with Crippen molar-refractivity contribution >= 4 is 37.6 Å². The summed E-state index contributed by atoms with van der Waals surface area (Å²) in [4.78, 5) is 11.0. The van der Waals surface area contributed by atoms with Crippen LogP contribution in [0, 0.1) is 0 Å². The van der Waals surface area contributed by atoms with Crippen LogP contribution < -0.4 is 0 Å². The van der Waals surface area contributed by atoms with Gasteiger partial charge < -0.3 is 5.11 Å². The standard InChI is InChI=1S/C8H6Br2O2/c1-4(11)5-2-8(12)7(10)3-6(5)9/h2-3,12H,1H3. The fraction of sp³-hybridized carbons (Fsp3) is 0.125. The lowest BCUT2D eigenvalue weighted by molar-refractivity contribution is 0.101. The van der Waals surface area contributed by atoms with Gasteiger partial charge in [-0.25, -0.2) is 0 Å².